The Morgan fingerprint density at radius 1 is 1.00 bits per heavy atom. The second-order valence-electron chi connectivity index (χ2n) is 5.81. The fraction of sp³-hybridized carbons (Fsp3) is 0.300. The van der Waals surface area contributed by atoms with Crippen LogP contribution in [0.15, 0.2) is 48.5 Å². The second kappa shape index (κ2) is 12.6. The average Bonchev–Trinajstić information content (AvgIpc) is 2.70. The molecule has 7 nitrogen and oxygen atoms in total. The lowest BCUT2D eigenvalue weighted by atomic mass is 10.2. The van der Waals surface area contributed by atoms with Crippen LogP contribution in [0.2, 0.25) is 0 Å². The van der Waals surface area contributed by atoms with Crippen molar-refractivity contribution in [2.24, 2.45) is 0 Å². The van der Waals surface area contributed by atoms with Crippen LogP contribution in [-0.2, 0) is 4.79 Å². The van der Waals surface area contributed by atoms with Gasteiger partial charge in [-0.3, -0.25) is 9.59 Å². The van der Waals surface area contributed by atoms with Crippen LogP contribution in [-0.4, -0.2) is 45.7 Å². The highest BCUT2D eigenvalue weighted by Crippen LogP contribution is 2.17. The summed E-state index contributed by atoms with van der Waals surface area (Å²) < 4.78 is 10.6. The van der Waals surface area contributed by atoms with Gasteiger partial charge in [0.15, 0.2) is 6.61 Å². The van der Waals surface area contributed by atoms with E-state index in [9.17, 15) is 9.59 Å². The molecule has 0 aliphatic carbocycles. The summed E-state index contributed by atoms with van der Waals surface area (Å²) in [7, 11) is 3.44. The number of hydrogen-bond donors (Lipinski definition) is 3. The van der Waals surface area contributed by atoms with Gasteiger partial charge >= 0.3 is 0 Å². The molecule has 0 spiro atoms. The van der Waals surface area contributed by atoms with Gasteiger partial charge in [0.1, 0.15) is 11.5 Å². The number of anilines is 1. The van der Waals surface area contributed by atoms with Crippen molar-refractivity contribution in [3.8, 4) is 11.5 Å². The summed E-state index contributed by atoms with van der Waals surface area (Å²) in [6, 6.07) is 13.8. The normalized spacial score (nSPS) is 9.79. The smallest absolute Gasteiger partial charge is 0.262 e. The molecule has 0 aliphatic rings. The summed E-state index contributed by atoms with van der Waals surface area (Å²) in [6.07, 6.45) is 0.867. The Bertz CT molecular complexity index is 753. The van der Waals surface area contributed by atoms with E-state index in [0.29, 0.717) is 29.3 Å². The molecule has 0 heterocycles. The Hall–Kier alpha value is -2.77. The van der Waals surface area contributed by atoms with Gasteiger partial charge < -0.3 is 25.4 Å². The van der Waals surface area contributed by atoms with E-state index in [1.807, 2.05) is 7.05 Å². The number of methoxy groups -OCH3 is 1. The predicted molar refractivity (Wildman–Crippen MR) is 112 cm³/mol. The van der Waals surface area contributed by atoms with Gasteiger partial charge in [-0.2, -0.15) is 0 Å². The number of halogens is 1. The molecule has 2 aromatic rings. The first-order chi connectivity index (χ1) is 13.1. The Morgan fingerprint density at radius 3 is 2.43 bits per heavy atom. The molecule has 0 radical (unpaired) electrons. The van der Waals surface area contributed by atoms with Crippen LogP contribution >= 0.6 is 12.4 Å². The van der Waals surface area contributed by atoms with Crippen LogP contribution in [0.5, 0.6) is 11.5 Å². The quantitative estimate of drug-likeness (QED) is 0.526. The van der Waals surface area contributed by atoms with Crippen molar-refractivity contribution in [2.45, 2.75) is 6.42 Å². The second-order valence-corrected chi connectivity index (χ2v) is 5.81. The molecule has 0 fully saturated rings. The molecular formula is C20H26ClN3O4. The van der Waals surface area contributed by atoms with Gasteiger partial charge in [-0.15, -0.1) is 12.4 Å². The van der Waals surface area contributed by atoms with Crippen molar-refractivity contribution in [3.05, 3.63) is 54.1 Å². The van der Waals surface area contributed by atoms with Crippen molar-refractivity contribution >= 4 is 29.9 Å². The summed E-state index contributed by atoms with van der Waals surface area (Å²) >= 11 is 0. The Balaban J connectivity index is 0.00000392. The Kier molecular flexibility index (Phi) is 10.5. The van der Waals surface area contributed by atoms with Crippen molar-refractivity contribution in [1.82, 2.24) is 10.6 Å². The summed E-state index contributed by atoms with van der Waals surface area (Å²) in [5.74, 6) is 0.763. The molecule has 0 saturated carbocycles. The summed E-state index contributed by atoms with van der Waals surface area (Å²) in [4.78, 5) is 24.0. The van der Waals surface area contributed by atoms with Gasteiger partial charge in [0, 0.05) is 23.9 Å². The standard InChI is InChI=1S/C20H25N3O4.ClH/c1-21-11-4-12-22-20(25)15-7-9-17(10-8-15)27-14-19(24)23-16-5-3-6-18(13-16)26-2;/h3,5-10,13,21H,4,11-12,14H2,1-2H3,(H,22,25)(H,23,24);1H. The molecule has 0 aliphatic heterocycles. The molecule has 0 unspecified atom stereocenters. The Labute approximate surface area is 171 Å². The molecule has 2 aromatic carbocycles. The third-order valence-electron chi connectivity index (χ3n) is 3.73. The molecule has 0 bridgehead atoms. The number of carbonyl (C=O) groups is 2. The summed E-state index contributed by atoms with van der Waals surface area (Å²) in [6.45, 7) is 1.33. The zero-order valence-electron chi connectivity index (χ0n) is 16.0. The number of nitrogens with one attached hydrogen (secondary N) is 3. The summed E-state index contributed by atoms with van der Waals surface area (Å²) in [5.41, 5.74) is 1.18. The highest BCUT2D eigenvalue weighted by atomic mass is 35.5. The molecule has 0 saturated heterocycles. The summed E-state index contributed by atoms with van der Waals surface area (Å²) in [5, 5.41) is 8.61. The molecule has 8 heteroatoms. The average molecular weight is 408 g/mol. The molecule has 152 valence electrons. The first-order valence-corrected chi connectivity index (χ1v) is 8.72. The number of carbonyl (C=O) groups excluding carboxylic acids is 2. The van der Waals surface area contributed by atoms with Gasteiger partial charge in [-0.1, -0.05) is 6.07 Å². The van der Waals surface area contributed by atoms with Crippen molar-refractivity contribution in [3.63, 3.8) is 0 Å². The highest BCUT2D eigenvalue weighted by molar-refractivity contribution is 5.94. The first kappa shape index (κ1) is 23.3. The monoisotopic (exact) mass is 407 g/mol. The minimum absolute atomic E-state index is 0. The molecule has 0 atom stereocenters. The van der Waals surface area contributed by atoms with Gasteiger partial charge in [-0.05, 0) is 56.4 Å². The van der Waals surface area contributed by atoms with Crippen molar-refractivity contribution in [1.29, 1.82) is 0 Å². The Morgan fingerprint density at radius 2 is 1.75 bits per heavy atom. The number of ether oxygens (including phenoxy) is 2. The molecule has 28 heavy (non-hydrogen) atoms. The van der Waals surface area contributed by atoms with Gasteiger partial charge in [0.25, 0.3) is 11.8 Å². The number of benzene rings is 2. The third kappa shape index (κ3) is 7.85. The zero-order chi connectivity index (χ0) is 19.5. The maximum atomic E-state index is 12.0. The van der Waals surface area contributed by atoms with E-state index >= 15 is 0 Å². The van der Waals surface area contributed by atoms with Crippen LogP contribution < -0.4 is 25.4 Å². The van der Waals surface area contributed by atoms with Crippen LogP contribution in [0.1, 0.15) is 16.8 Å². The third-order valence-corrected chi connectivity index (χ3v) is 3.73. The molecule has 3 N–H and O–H groups in total. The topological polar surface area (TPSA) is 88.7 Å². The molecule has 2 rings (SSSR count). The number of hydrogen-bond acceptors (Lipinski definition) is 5. The van der Waals surface area contributed by atoms with Crippen LogP contribution in [0.25, 0.3) is 0 Å². The number of rotatable bonds is 10. The van der Waals surface area contributed by atoms with Crippen LogP contribution in [0.3, 0.4) is 0 Å². The largest absolute Gasteiger partial charge is 0.497 e. The van der Waals surface area contributed by atoms with E-state index in [0.717, 1.165) is 13.0 Å². The minimum Gasteiger partial charge on any atom is -0.497 e. The van der Waals surface area contributed by atoms with Crippen LogP contribution in [0, 0.1) is 0 Å². The van der Waals surface area contributed by atoms with E-state index in [1.54, 1.807) is 55.6 Å². The molecule has 0 aromatic heterocycles. The van der Waals surface area contributed by atoms with Crippen molar-refractivity contribution in [2.75, 3.05) is 39.2 Å². The van der Waals surface area contributed by atoms with E-state index in [-0.39, 0.29) is 30.8 Å². The lowest BCUT2D eigenvalue weighted by molar-refractivity contribution is -0.118. The maximum Gasteiger partial charge on any atom is 0.262 e. The molecular weight excluding hydrogens is 382 g/mol. The van der Waals surface area contributed by atoms with E-state index in [2.05, 4.69) is 16.0 Å². The van der Waals surface area contributed by atoms with Crippen LogP contribution in [0.4, 0.5) is 5.69 Å². The van der Waals surface area contributed by atoms with Crippen molar-refractivity contribution < 1.29 is 19.1 Å². The maximum absolute atomic E-state index is 12.0. The van der Waals surface area contributed by atoms with E-state index in [1.165, 1.54) is 0 Å². The highest BCUT2D eigenvalue weighted by Gasteiger charge is 2.07. The lowest BCUT2D eigenvalue weighted by Crippen LogP contribution is -2.26. The number of amides is 2. The van der Waals surface area contributed by atoms with Gasteiger partial charge in [-0.25, -0.2) is 0 Å². The lowest BCUT2D eigenvalue weighted by Gasteiger charge is -2.09. The molecule has 2 amide bonds. The zero-order valence-corrected chi connectivity index (χ0v) is 16.8. The predicted octanol–water partition coefficient (Wildman–Crippen LogP) is 2.47. The SMILES string of the molecule is CNCCCNC(=O)c1ccc(OCC(=O)Nc2cccc(OC)c2)cc1.Cl. The fourth-order valence-corrected chi connectivity index (χ4v) is 2.32. The van der Waals surface area contributed by atoms with Gasteiger partial charge in [0.05, 0.1) is 7.11 Å². The fourth-order valence-electron chi connectivity index (χ4n) is 2.32. The van der Waals surface area contributed by atoms with E-state index in [4.69, 9.17) is 9.47 Å². The minimum atomic E-state index is -0.283. The van der Waals surface area contributed by atoms with Gasteiger partial charge in [0.2, 0.25) is 0 Å². The first-order valence-electron chi connectivity index (χ1n) is 8.72. The van der Waals surface area contributed by atoms with E-state index < -0.39 is 0 Å².